The lowest BCUT2D eigenvalue weighted by Crippen LogP contribution is -2.51. The van der Waals surface area contributed by atoms with Gasteiger partial charge in [-0.3, -0.25) is 0 Å². The highest BCUT2D eigenvalue weighted by Crippen LogP contribution is 2.03. The highest BCUT2D eigenvalue weighted by Gasteiger charge is 2.25. The molecule has 0 saturated carbocycles. The molecule has 0 aliphatic carbocycles. The minimum Gasteiger partial charge on any atom is -0.325 e. The van der Waals surface area contributed by atoms with Crippen molar-refractivity contribution in [2.24, 2.45) is 5.03 Å². The number of hydrogen-bond donors (Lipinski definition) is 0. The van der Waals surface area contributed by atoms with Crippen LogP contribution in [0.15, 0.2) is 5.03 Å². The Balaban J connectivity index is 4.61. The maximum absolute atomic E-state index is 8.52. The third-order valence-corrected chi connectivity index (χ3v) is 2.43. The predicted molar refractivity (Wildman–Crippen MR) is 60.7 cm³/mol. The van der Waals surface area contributed by atoms with Crippen molar-refractivity contribution in [2.45, 2.75) is 27.7 Å². The van der Waals surface area contributed by atoms with E-state index in [0.717, 1.165) is 26.2 Å². The molecule has 0 spiro atoms. The molecule has 0 aromatic carbocycles. The first-order chi connectivity index (χ1) is 6.74. The first-order valence-corrected chi connectivity index (χ1v) is 5.27. The van der Waals surface area contributed by atoms with Crippen LogP contribution in [0.1, 0.15) is 27.7 Å². The molecule has 80 valence electrons. The minimum atomic E-state index is -0.134. The van der Waals surface area contributed by atoms with E-state index < -0.39 is 0 Å². The first kappa shape index (κ1) is 13.3. The predicted octanol–water partition coefficient (Wildman–Crippen LogP) is 1.97. The largest absolute Gasteiger partial charge is 0.408 e. The van der Waals surface area contributed by atoms with Crippen molar-refractivity contribution in [3.05, 3.63) is 10.4 Å². The van der Waals surface area contributed by atoms with Crippen LogP contribution >= 0.6 is 0 Å². The van der Waals surface area contributed by atoms with Crippen LogP contribution < -0.4 is 0 Å². The summed E-state index contributed by atoms with van der Waals surface area (Å²) in [6, 6.07) is 0. The fourth-order valence-electron chi connectivity index (χ4n) is 1.52. The maximum Gasteiger partial charge on any atom is 0.408 e. The van der Waals surface area contributed by atoms with Gasteiger partial charge in [0, 0.05) is 0 Å². The number of nitrogens with zero attached hydrogens (tertiary/aromatic N) is 5. The van der Waals surface area contributed by atoms with Gasteiger partial charge in [0.25, 0.3) is 0 Å². The number of azide groups is 1. The van der Waals surface area contributed by atoms with E-state index in [0.29, 0.717) is 0 Å². The first-order valence-electron chi connectivity index (χ1n) is 5.27. The molecule has 0 rings (SSSR count). The van der Waals surface area contributed by atoms with Crippen molar-refractivity contribution in [2.75, 3.05) is 26.2 Å². The summed E-state index contributed by atoms with van der Waals surface area (Å²) in [6.45, 7) is 11.9. The normalized spacial score (nSPS) is 10.4. The average Bonchev–Trinajstić information content (AvgIpc) is 2.21. The van der Waals surface area contributed by atoms with Gasteiger partial charge in [-0.25, -0.2) is 0 Å². The Bertz CT molecular complexity index is 172. The lowest BCUT2D eigenvalue weighted by molar-refractivity contribution is 0.378. The van der Waals surface area contributed by atoms with Crippen LogP contribution in [0.25, 0.3) is 10.4 Å². The zero-order chi connectivity index (χ0) is 11.0. The number of rotatable bonds is 7. The molecule has 0 aromatic rings. The zero-order valence-corrected chi connectivity index (χ0v) is 9.64. The molecule has 0 atom stereocenters. The van der Waals surface area contributed by atoms with Crippen molar-refractivity contribution in [1.29, 1.82) is 0 Å². The molecular weight excluding hydrogens is 177 g/mol. The van der Waals surface area contributed by atoms with Gasteiger partial charge in [0.1, 0.15) is 0 Å². The van der Waals surface area contributed by atoms with Crippen LogP contribution in [-0.4, -0.2) is 42.9 Å². The van der Waals surface area contributed by atoms with E-state index in [1.807, 2.05) is 0 Å². The average molecular weight is 197 g/mol. The molecule has 0 N–H and O–H groups in total. The van der Waals surface area contributed by atoms with Crippen molar-refractivity contribution in [3.63, 3.8) is 0 Å². The van der Waals surface area contributed by atoms with Crippen molar-refractivity contribution < 1.29 is 0 Å². The Morgan fingerprint density at radius 1 is 1.00 bits per heavy atom. The topological polar surface area (TPSA) is 55.2 Å². The second kappa shape index (κ2) is 7.68. The Morgan fingerprint density at radius 2 is 1.36 bits per heavy atom. The van der Waals surface area contributed by atoms with Gasteiger partial charge in [0.15, 0.2) is 0 Å². The Morgan fingerprint density at radius 3 is 1.57 bits per heavy atom. The zero-order valence-electron chi connectivity index (χ0n) is 9.64. The van der Waals surface area contributed by atoms with Gasteiger partial charge in [-0.1, -0.05) is 27.7 Å². The Labute approximate surface area is 86.8 Å². The smallest absolute Gasteiger partial charge is 0.325 e. The van der Waals surface area contributed by atoms with Gasteiger partial charge < -0.3 is 9.62 Å². The molecular formula is C8H20BN5. The van der Waals surface area contributed by atoms with Crippen LogP contribution in [-0.2, 0) is 0 Å². The maximum atomic E-state index is 8.52. The van der Waals surface area contributed by atoms with Crippen LogP contribution in [0.2, 0.25) is 0 Å². The quantitative estimate of drug-likeness (QED) is 0.271. The van der Waals surface area contributed by atoms with Crippen molar-refractivity contribution in [1.82, 2.24) is 9.62 Å². The van der Waals surface area contributed by atoms with E-state index >= 15 is 0 Å². The van der Waals surface area contributed by atoms with E-state index in [-0.39, 0.29) is 7.12 Å². The minimum absolute atomic E-state index is 0.134. The molecule has 0 aliphatic heterocycles. The second-order valence-corrected chi connectivity index (χ2v) is 2.99. The lowest BCUT2D eigenvalue weighted by atomic mass is 9.88. The van der Waals surface area contributed by atoms with Gasteiger partial charge in [-0.2, -0.15) is 0 Å². The molecule has 0 saturated heterocycles. The highest BCUT2D eigenvalue weighted by atomic mass is 15.3. The van der Waals surface area contributed by atoms with Crippen LogP contribution in [0.3, 0.4) is 0 Å². The summed E-state index contributed by atoms with van der Waals surface area (Å²) in [5.74, 6) is 0. The Hall–Kier alpha value is -0.705. The molecule has 0 aromatic heterocycles. The van der Waals surface area contributed by atoms with E-state index in [4.69, 9.17) is 5.53 Å². The summed E-state index contributed by atoms with van der Waals surface area (Å²) in [5.41, 5.74) is 8.52. The molecule has 0 amide bonds. The third-order valence-electron chi connectivity index (χ3n) is 2.43. The van der Waals surface area contributed by atoms with E-state index in [2.05, 4.69) is 47.3 Å². The molecule has 0 heterocycles. The van der Waals surface area contributed by atoms with E-state index in [9.17, 15) is 0 Å². The van der Waals surface area contributed by atoms with E-state index in [1.54, 1.807) is 0 Å². The summed E-state index contributed by atoms with van der Waals surface area (Å²) < 4.78 is 0. The summed E-state index contributed by atoms with van der Waals surface area (Å²) in [4.78, 5) is 7.20. The molecule has 0 aliphatic rings. The fraction of sp³-hybridized carbons (Fsp3) is 1.00. The van der Waals surface area contributed by atoms with Crippen molar-refractivity contribution in [3.8, 4) is 0 Å². The van der Waals surface area contributed by atoms with Crippen LogP contribution in [0.5, 0.6) is 0 Å². The molecule has 0 unspecified atom stereocenters. The highest BCUT2D eigenvalue weighted by molar-refractivity contribution is 6.50. The monoisotopic (exact) mass is 197 g/mol. The summed E-state index contributed by atoms with van der Waals surface area (Å²) in [7, 11) is -0.134. The molecule has 0 radical (unpaired) electrons. The molecule has 6 heteroatoms. The van der Waals surface area contributed by atoms with Crippen LogP contribution in [0.4, 0.5) is 0 Å². The number of hydrogen-bond acceptors (Lipinski definition) is 3. The third kappa shape index (κ3) is 3.58. The van der Waals surface area contributed by atoms with Gasteiger partial charge in [-0.05, 0) is 36.6 Å². The van der Waals surface area contributed by atoms with Gasteiger partial charge in [0.05, 0.1) is 0 Å². The van der Waals surface area contributed by atoms with E-state index in [1.165, 1.54) is 0 Å². The molecule has 5 nitrogen and oxygen atoms in total. The van der Waals surface area contributed by atoms with Gasteiger partial charge in [-0.15, -0.1) is 5.03 Å². The fourth-order valence-corrected chi connectivity index (χ4v) is 1.52. The molecule has 14 heavy (non-hydrogen) atoms. The molecule has 0 fully saturated rings. The van der Waals surface area contributed by atoms with Crippen LogP contribution in [0, 0.1) is 0 Å². The van der Waals surface area contributed by atoms with Gasteiger partial charge >= 0.3 is 7.12 Å². The lowest BCUT2D eigenvalue weighted by Gasteiger charge is -2.31. The summed E-state index contributed by atoms with van der Waals surface area (Å²) in [6.07, 6.45) is 0. The van der Waals surface area contributed by atoms with Gasteiger partial charge in [0.2, 0.25) is 0 Å². The molecule has 0 bridgehead atoms. The standard InChI is InChI=1S/C8H20BN5/c1-5-13(6-2)9(11-12-10)14(7-3)8-4/h5-8H2,1-4H3. The van der Waals surface area contributed by atoms with Crippen molar-refractivity contribution >= 4 is 7.12 Å². The SMILES string of the molecule is CCN(CC)B(N=[N+]=[N-])N(CC)CC. The summed E-state index contributed by atoms with van der Waals surface area (Å²) in [5, 5.41) is 3.84. The second-order valence-electron chi connectivity index (χ2n) is 2.99. The Kier molecular flexibility index (Phi) is 7.29. The summed E-state index contributed by atoms with van der Waals surface area (Å²) >= 11 is 0.